The highest BCUT2D eigenvalue weighted by atomic mass is 16.2. The van der Waals surface area contributed by atoms with Crippen molar-refractivity contribution in [3.05, 3.63) is 21.6 Å². The second-order valence-electron chi connectivity index (χ2n) is 7.73. The van der Waals surface area contributed by atoms with E-state index in [1.165, 1.54) is 4.90 Å². The van der Waals surface area contributed by atoms with Gasteiger partial charge in [0.2, 0.25) is 5.95 Å². The number of carbonyl (C=O) groups is 1. The number of aryl methyl sites for hydroxylation is 1. The van der Waals surface area contributed by atoms with Gasteiger partial charge >= 0.3 is 0 Å². The number of quaternary nitrogens is 1. The van der Waals surface area contributed by atoms with Crippen molar-refractivity contribution in [2.24, 2.45) is 0 Å². The number of anilines is 1. The molecule has 1 saturated heterocycles. The highest BCUT2D eigenvalue weighted by Gasteiger charge is 2.28. The first-order chi connectivity index (χ1) is 12.2. The van der Waals surface area contributed by atoms with E-state index < -0.39 is 0 Å². The Hall–Kier alpha value is -1.89. The van der Waals surface area contributed by atoms with Crippen LogP contribution in [0, 0.1) is 0 Å². The van der Waals surface area contributed by atoms with Crippen molar-refractivity contribution in [2.75, 3.05) is 25.0 Å². The van der Waals surface area contributed by atoms with Gasteiger partial charge in [-0.1, -0.05) is 0 Å². The van der Waals surface area contributed by atoms with Crippen molar-refractivity contribution in [3.63, 3.8) is 0 Å². The Balaban J connectivity index is 1.29. The molecule has 2 aliphatic carbocycles. The number of carbonyl (C=O) groups excluding carboxylic acids is 1. The third-order valence-corrected chi connectivity index (χ3v) is 5.58. The first-order valence-corrected chi connectivity index (χ1v) is 9.69. The van der Waals surface area contributed by atoms with E-state index in [9.17, 15) is 9.59 Å². The standard InChI is InChI=1S/C18H27N5O2/c24-16(19-12-5-6-12)11-23-9-7-13(8-10-23)20-18-21-15-4-2-1-3-14(15)17(25)22-18/h12-13H,1-11H2,(H,19,24)(H2,20,21,22,25)/p+1. The van der Waals surface area contributed by atoms with Crippen LogP contribution in [0.2, 0.25) is 0 Å². The highest BCUT2D eigenvalue weighted by molar-refractivity contribution is 5.77. The summed E-state index contributed by atoms with van der Waals surface area (Å²) in [6.45, 7) is 2.53. The van der Waals surface area contributed by atoms with Crippen molar-refractivity contribution >= 4 is 11.9 Å². The molecule has 1 amide bonds. The molecule has 1 saturated carbocycles. The van der Waals surface area contributed by atoms with Crippen molar-refractivity contribution in [3.8, 4) is 0 Å². The number of hydrogen-bond donors (Lipinski definition) is 4. The lowest BCUT2D eigenvalue weighted by Gasteiger charge is -2.29. The Morgan fingerprint density at radius 1 is 1.12 bits per heavy atom. The van der Waals surface area contributed by atoms with Crippen LogP contribution in [0.3, 0.4) is 0 Å². The summed E-state index contributed by atoms with van der Waals surface area (Å²) in [6, 6.07) is 0.762. The van der Waals surface area contributed by atoms with Gasteiger partial charge in [0.05, 0.1) is 18.8 Å². The Labute approximate surface area is 147 Å². The maximum atomic E-state index is 12.2. The molecule has 4 N–H and O–H groups in total. The smallest absolute Gasteiger partial charge is 0.275 e. The number of amides is 1. The molecule has 136 valence electrons. The number of rotatable bonds is 5. The van der Waals surface area contributed by atoms with Crippen LogP contribution < -0.4 is 21.1 Å². The topological polar surface area (TPSA) is 91.3 Å². The number of hydrogen-bond acceptors (Lipinski definition) is 4. The number of nitrogens with zero attached hydrogens (tertiary/aromatic N) is 1. The van der Waals surface area contributed by atoms with E-state index in [0.717, 1.165) is 75.7 Å². The van der Waals surface area contributed by atoms with Crippen molar-refractivity contribution in [2.45, 2.75) is 63.5 Å². The fourth-order valence-corrected chi connectivity index (χ4v) is 3.95. The van der Waals surface area contributed by atoms with Gasteiger partial charge < -0.3 is 15.5 Å². The van der Waals surface area contributed by atoms with Crippen LogP contribution in [-0.2, 0) is 17.6 Å². The Kier molecular flexibility index (Phi) is 4.74. The summed E-state index contributed by atoms with van der Waals surface area (Å²) in [5, 5.41) is 6.47. The number of piperidine rings is 1. The number of likely N-dealkylation sites (tertiary alicyclic amines) is 1. The molecule has 2 heterocycles. The number of aromatic amines is 1. The molecule has 2 fully saturated rings. The molecule has 7 heteroatoms. The second-order valence-corrected chi connectivity index (χ2v) is 7.73. The summed E-state index contributed by atoms with van der Waals surface area (Å²) in [6.07, 6.45) is 8.22. The van der Waals surface area contributed by atoms with E-state index in [0.29, 0.717) is 24.6 Å². The number of fused-ring (bicyclic) bond motifs is 1. The van der Waals surface area contributed by atoms with E-state index >= 15 is 0 Å². The minimum atomic E-state index is 0.0204. The molecule has 0 unspecified atom stereocenters. The number of H-pyrrole nitrogens is 1. The molecule has 4 rings (SSSR count). The molecule has 1 aromatic heterocycles. The minimum absolute atomic E-state index is 0.0204. The van der Waals surface area contributed by atoms with Gasteiger partial charge in [-0.25, -0.2) is 4.98 Å². The van der Waals surface area contributed by atoms with Crippen molar-refractivity contribution < 1.29 is 9.69 Å². The van der Waals surface area contributed by atoms with Gasteiger partial charge in [-0.3, -0.25) is 14.6 Å². The summed E-state index contributed by atoms with van der Waals surface area (Å²) in [7, 11) is 0. The molecule has 1 aromatic rings. The largest absolute Gasteiger partial charge is 0.353 e. The van der Waals surface area contributed by atoms with Crippen LogP contribution in [-0.4, -0.2) is 47.6 Å². The number of nitrogens with one attached hydrogen (secondary N) is 4. The van der Waals surface area contributed by atoms with E-state index in [4.69, 9.17) is 0 Å². The summed E-state index contributed by atoms with van der Waals surface area (Å²) in [4.78, 5) is 33.0. The van der Waals surface area contributed by atoms with Gasteiger partial charge in [-0.05, 0) is 38.5 Å². The molecule has 0 aromatic carbocycles. The van der Waals surface area contributed by atoms with E-state index in [1.54, 1.807) is 0 Å². The summed E-state index contributed by atoms with van der Waals surface area (Å²) in [5.74, 6) is 0.801. The van der Waals surface area contributed by atoms with Crippen molar-refractivity contribution in [1.82, 2.24) is 15.3 Å². The van der Waals surface area contributed by atoms with Crippen LogP contribution in [0.25, 0.3) is 0 Å². The molecule has 0 radical (unpaired) electrons. The zero-order valence-corrected chi connectivity index (χ0v) is 14.7. The predicted octanol–water partition coefficient (Wildman–Crippen LogP) is -0.613. The quantitative estimate of drug-likeness (QED) is 0.572. The Morgan fingerprint density at radius 3 is 2.64 bits per heavy atom. The third kappa shape index (κ3) is 4.21. The lowest BCUT2D eigenvalue weighted by molar-refractivity contribution is -0.897. The molecule has 0 atom stereocenters. The molecule has 25 heavy (non-hydrogen) atoms. The van der Waals surface area contributed by atoms with E-state index in [2.05, 4.69) is 20.6 Å². The van der Waals surface area contributed by atoms with Crippen LogP contribution in [0.4, 0.5) is 5.95 Å². The van der Waals surface area contributed by atoms with Crippen molar-refractivity contribution in [1.29, 1.82) is 0 Å². The summed E-state index contributed by atoms with van der Waals surface area (Å²) < 4.78 is 0. The predicted molar refractivity (Wildman–Crippen MR) is 94.9 cm³/mol. The van der Waals surface area contributed by atoms with Gasteiger partial charge in [-0.15, -0.1) is 0 Å². The van der Waals surface area contributed by atoms with Gasteiger partial charge in [-0.2, -0.15) is 0 Å². The normalized spacial score (nSPS) is 25.9. The molecule has 1 aliphatic heterocycles. The van der Waals surface area contributed by atoms with Crippen LogP contribution in [0.5, 0.6) is 0 Å². The minimum Gasteiger partial charge on any atom is -0.353 e. The average Bonchev–Trinajstić information content (AvgIpc) is 3.40. The first-order valence-electron chi connectivity index (χ1n) is 9.69. The van der Waals surface area contributed by atoms with Crippen LogP contribution in [0.15, 0.2) is 4.79 Å². The fraction of sp³-hybridized carbons (Fsp3) is 0.722. The van der Waals surface area contributed by atoms with Gasteiger partial charge in [0, 0.05) is 30.5 Å². The second kappa shape index (κ2) is 7.15. The van der Waals surface area contributed by atoms with E-state index in [-0.39, 0.29) is 11.5 Å². The molecule has 7 nitrogen and oxygen atoms in total. The summed E-state index contributed by atoms with van der Waals surface area (Å²) in [5.41, 5.74) is 1.86. The lowest BCUT2D eigenvalue weighted by atomic mass is 9.97. The lowest BCUT2D eigenvalue weighted by Crippen LogP contribution is -3.14. The highest BCUT2D eigenvalue weighted by Crippen LogP contribution is 2.18. The SMILES string of the molecule is O=C(C[NH+]1CCC(Nc2nc3c(c(=O)[nH]2)CCCC3)CC1)NC1CC1. The zero-order chi connectivity index (χ0) is 17.2. The summed E-state index contributed by atoms with van der Waals surface area (Å²) >= 11 is 0. The molecule has 0 spiro atoms. The molecular formula is C18H28N5O2+. The van der Waals surface area contributed by atoms with Gasteiger partial charge in [0.15, 0.2) is 6.54 Å². The maximum Gasteiger partial charge on any atom is 0.275 e. The third-order valence-electron chi connectivity index (χ3n) is 5.58. The molecule has 3 aliphatic rings. The fourth-order valence-electron chi connectivity index (χ4n) is 3.95. The van der Waals surface area contributed by atoms with Gasteiger partial charge in [0.25, 0.3) is 11.5 Å². The zero-order valence-electron chi connectivity index (χ0n) is 14.7. The monoisotopic (exact) mass is 346 g/mol. The number of aromatic nitrogens is 2. The van der Waals surface area contributed by atoms with Crippen LogP contribution in [0.1, 0.15) is 49.8 Å². The van der Waals surface area contributed by atoms with Crippen LogP contribution >= 0.6 is 0 Å². The average molecular weight is 346 g/mol. The Bertz CT molecular complexity index is 689. The molecular weight excluding hydrogens is 318 g/mol. The van der Waals surface area contributed by atoms with E-state index in [1.807, 2.05) is 0 Å². The molecule has 0 bridgehead atoms. The van der Waals surface area contributed by atoms with Gasteiger partial charge in [0.1, 0.15) is 0 Å². The first kappa shape index (κ1) is 16.6. The Morgan fingerprint density at radius 2 is 1.88 bits per heavy atom. The maximum absolute atomic E-state index is 12.2.